The van der Waals surface area contributed by atoms with E-state index in [1.54, 1.807) is 7.11 Å². The van der Waals surface area contributed by atoms with Crippen LogP contribution in [-0.4, -0.2) is 38.2 Å². The molecule has 0 bridgehead atoms. The van der Waals surface area contributed by atoms with Crippen LogP contribution < -0.4 is 14.8 Å². The van der Waals surface area contributed by atoms with Gasteiger partial charge in [0.1, 0.15) is 6.61 Å². The van der Waals surface area contributed by atoms with Crippen LogP contribution in [0.4, 0.5) is 0 Å². The highest BCUT2D eigenvalue weighted by Crippen LogP contribution is 2.37. The third-order valence-corrected chi connectivity index (χ3v) is 5.63. The van der Waals surface area contributed by atoms with E-state index in [1.165, 1.54) is 0 Å². The molecule has 0 atom stereocenters. The summed E-state index contributed by atoms with van der Waals surface area (Å²) in [6.07, 6.45) is 1.14. The predicted octanol–water partition coefficient (Wildman–Crippen LogP) is 5.51. The topological polar surface area (TPSA) is 33.7 Å². The molecule has 1 N–H and O–H groups in total. The first-order valence-electron chi connectivity index (χ1n) is 9.74. The molecule has 0 amide bonds. The van der Waals surface area contributed by atoms with E-state index in [0.29, 0.717) is 23.1 Å². The lowest BCUT2D eigenvalue weighted by molar-refractivity contribution is 0.282. The van der Waals surface area contributed by atoms with E-state index in [9.17, 15) is 0 Å². The summed E-state index contributed by atoms with van der Waals surface area (Å²) in [7, 11) is 1.66. The van der Waals surface area contributed by atoms with Crippen LogP contribution in [0.3, 0.4) is 0 Å². The van der Waals surface area contributed by atoms with Gasteiger partial charge in [0.2, 0.25) is 0 Å². The van der Waals surface area contributed by atoms with Gasteiger partial charge >= 0.3 is 0 Å². The third kappa shape index (κ3) is 6.96. The van der Waals surface area contributed by atoms with Gasteiger partial charge in [-0.3, -0.25) is 0 Å². The number of methoxy groups -OCH3 is 1. The van der Waals surface area contributed by atoms with Gasteiger partial charge in [0.25, 0.3) is 0 Å². The molecule has 0 unspecified atom stereocenters. The first-order valence-corrected chi connectivity index (χ1v) is 10.9. The maximum Gasteiger partial charge on any atom is 0.175 e. The fraction of sp³-hybridized carbons (Fsp3) is 0.455. The molecule has 0 fully saturated rings. The van der Waals surface area contributed by atoms with E-state index >= 15 is 0 Å². The number of hydrogen-bond acceptors (Lipinski definition) is 4. The molecule has 2 rings (SSSR count). The number of benzene rings is 2. The van der Waals surface area contributed by atoms with E-state index < -0.39 is 0 Å². The van der Waals surface area contributed by atoms with Gasteiger partial charge in [-0.05, 0) is 72.3 Å². The van der Waals surface area contributed by atoms with Gasteiger partial charge in [-0.15, -0.1) is 0 Å². The van der Waals surface area contributed by atoms with Crippen LogP contribution in [-0.2, 0) is 13.2 Å². The quantitative estimate of drug-likeness (QED) is 0.415. The second kappa shape index (κ2) is 12.3. The van der Waals surface area contributed by atoms with Crippen LogP contribution in [0.5, 0.6) is 11.5 Å². The molecule has 0 radical (unpaired) electrons. The fourth-order valence-electron chi connectivity index (χ4n) is 2.98. The van der Waals surface area contributed by atoms with Gasteiger partial charge in [-0.2, -0.15) is 0 Å². The molecule has 0 saturated carbocycles. The second-order valence-electron chi connectivity index (χ2n) is 6.55. The summed E-state index contributed by atoms with van der Waals surface area (Å²) in [5.41, 5.74) is 2.09. The molecule has 4 nitrogen and oxygen atoms in total. The molecule has 0 spiro atoms. The van der Waals surface area contributed by atoms with Gasteiger partial charge in [0, 0.05) is 17.1 Å². The molecule has 0 aromatic heterocycles. The molecule has 2 aromatic rings. The van der Waals surface area contributed by atoms with Crippen molar-refractivity contribution in [1.82, 2.24) is 10.2 Å². The maximum atomic E-state index is 6.22. The highest BCUT2D eigenvalue weighted by atomic mass is 79.9. The van der Waals surface area contributed by atoms with Crippen LogP contribution in [0, 0.1) is 0 Å². The van der Waals surface area contributed by atoms with Crippen molar-refractivity contribution in [3.05, 3.63) is 57.0 Å². The minimum atomic E-state index is 0.386. The lowest BCUT2D eigenvalue weighted by atomic mass is 10.2. The van der Waals surface area contributed by atoms with E-state index in [0.717, 1.165) is 54.7 Å². The summed E-state index contributed by atoms with van der Waals surface area (Å²) >= 11 is 9.83. The standard InChI is InChI=1S/C22H30BrClN2O2/c1-4-26(5-2)12-8-11-25-15-17-13-19(23)22(21(14-17)27-3)28-16-18-9-6-7-10-20(18)24/h6-7,9-10,13-14,25H,4-5,8,11-12,15-16H2,1-3H3. The molecular weight excluding hydrogens is 440 g/mol. The Morgan fingerprint density at radius 3 is 2.57 bits per heavy atom. The summed E-state index contributed by atoms with van der Waals surface area (Å²) in [6.45, 7) is 9.91. The average Bonchev–Trinajstić information content (AvgIpc) is 2.70. The molecule has 0 aliphatic carbocycles. The molecule has 28 heavy (non-hydrogen) atoms. The summed E-state index contributed by atoms with van der Waals surface area (Å²) in [4.78, 5) is 2.44. The minimum absolute atomic E-state index is 0.386. The predicted molar refractivity (Wildman–Crippen MR) is 121 cm³/mol. The van der Waals surface area contributed by atoms with Crippen LogP contribution in [0.25, 0.3) is 0 Å². The van der Waals surface area contributed by atoms with Crippen molar-refractivity contribution in [2.75, 3.05) is 33.3 Å². The highest BCUT2D eigenvalue weighted by Gasteiger charge is 2.13. The van der Waals surface area contributed by atoms with Gasteiger partial charge in [-0.1, -0.05) is 43.6 Å². The highest BCUT2D eigenvalue weighted by molar-refractivity contribution is 9.10. The van der Waals surface area contributed by atoms with Crippen molar-refractivity contribution in [2.45, 2.75) is 33.4 Å². The monoisotopic (exact) mass is 468 g/mol. The van der Waals surface area contributed by atoms with Crippen molar-refractivity contribution < 1.29 is 9.47 Å². The Morgan fingerprint density at radius 2 is 1.89 bits per heavy atom. The number of halogens is 2. The molecule has 2 aromatic carbocycles. The molecule has 6 heteroatoms. The summed E-state index contributed by atoms with van der Waals surface area (Å²) < 4.78 is 12.4. The molecule has 0 aliphatic rings. The van der Waals surface area contributed by atoms with Crippen LogP contribution >= 0.6 is 27.5 Å². The largest absolute Gasteiger partial charge is 0.493 e. The molecule has 0 saturated heterocycles. The molecular formula is C22H30BrClN2O2. The zero-order valence-electron chi connectivity index (χ0n) is 16.9. The minimum Gasteiger partial charge on any atom is -0.493 e. The van der Waals surface area contributed by atoms with Gasteiger partial charge in [0.15, 0.2) is 11.5 Å². The van der Waals surface area contributed by atoms with Crippen molar-refractivity contribution in [2.24, 2.45) is 0 Å². The van der Waals surface area contributed by atoms with Crippen molar-refractivity contribution >= 4 is 27.5 Å². The van der Waals surface area contributed by atoms with Crippen molar-refractivity contribution in [3.8, 4) is 11.5 Å². The number of hydrogen-bond donors (Lipinski definition) is 1. The zero-order valence-corrected chi connectivity index (χ0v) is 19.3. The lowest BCUT2D eigenvalue weighted by Crippen LogP contribution is -2.27. The van der Waals surface area contributed by atoms with Crippen LogP contribution in [0.15, 0.2) is 40.9 Å². The van der Waals surface area contributed by atoms with E-state index in [-0.39, 0.29) is 0 Å². The lowest BCUT2D eigenvalue weighted by Gasteiger charge is -2.18. The first-order chi connectivity index (χ1) is 13.6. The SMILES string of the molecule is CCN(CC)CCCNCc1cc(Br)c(OCc2ccccc2Cl)c(OC)c1. The van der Waals surface area contributed by atoms with Crippen LogP contribution in [0.2, 0.25) is 5.02 Å². The number of nitrogens with one attached hydrogen (secondary N) is 1. The van der Waals surface area contributed by atoms with Gasteiger partial charge in [-0.25, -0.2) is 0 Å². The average molecular weight is 470 g/mol. The Morgan fingerprint density at radius 1 is 1.14 bits per heavy atom. The summed E-state index contributed by atoms with van der Waals surface area (Å²) in [6, 6.07) is 11.8. The normalized spacial score (nSPS) is 11.1. The number of ether oxygens (including phenoxy) is 2. The summed E-state index contributed by atoms with van der Waals surface area (Å²) in [5, 5.41) is 4.20. The van der Waals surface area contributed by atoms with Crippen LogP contribution in [0.1, 0.15) is 31.4 Å². The van der Waals surface area contributed by atoms with E-state index in [2.05, 4.69) is 46.1 Å². The Bertz CT molecular complexity index is 738. The molecule has 154 valence electrons. The number of rotatable bonds is 12. The Hall–Kier alpha value is -1.27. The molecule has 0 heterocycles. The van der Waals surface area contributed by atoms with Gasteiger partial charge in [0.05, 0.1) is 11.6 Å². The zero-order chi connectivity index (χ0) is 20.4. The molecule has 0 aliphatic heterocycles. The Balaban J connectivity index is 1.92. The second-order valence-corrected chi connectivity index (χ2v) is 7.81. The Labute approximate surface area is 182 Å². The first kappa shape index (κ1) is 23.0. The van der Waals surface area contributed by atoms with Crippen molar-refractivity contribution in [3.63, 3.8) is 0 Å². The van der Waals surface area contributed by atoms with Crippen molar-refractivity contribution in [1.29, 1.82) is 0 Å². The maximum absolute atomic E-state index is 6.22. The summed E-state index contributed by atoms with van der Waals surface area (Å²) in [5.74, 6) is 1.40. The number of nitrogens with zero attached hydrogens (tertiary/aromatic N) is 1. The fourth-order valence-corrected chi connectivity index (χ4v) is 3.78. The van der Waals surface area contributed by atoms with E-state index in [1.807, 2.05) is 30.3 Å². The Kier molecular flexibility index (Phi) is 10.1. The smallest absolute Gasteiger partial charge is 0.175 e. The van der Waals surface area contributed by atoms with Gasteiger partial charge < -0.3 is 19.7 Å². The van der Waals surface area contributed by atoms with E-state index in [4.69, 9.17) is 21.1 Å². The third-order valence-electron chi connectivity index (χ3n) is 4.67.